The lowest BCUT2D eigenvalue weighted by Crippen LogP contribution is -2.43. The maximum absolute atomic E-state index is 13.2. The van der Waals surface area contributed by atoms with Crippen LogP contribution in [-0.2, 0) is 15.0 Å². The number of amides is 2. The first-order valence-electron chi connectivity index (χ1n) is 11.6. The number of nitrogens with zero attached hydrogens (tertiary/aromatic N) is 3. The summed E-state index contributed by atoms with van der Waals surface area (Å²) in [5.74, 6) is -0.795. The van der Waals surface area contributed by atoms with E-state index in [1.165, 1.54) is 16.2 Å². The number of hydrogen-bond donors (Lipinski definition) is 0. The van der Waals surface area contributed by atoms with Crippen LogP contribution >= 0.6 is 0 Å². The Labute approximate surface area is 191 Å². The minimum absolute atomic E-state index is 0.0576. The summed E-state index contributed by atoms with van der Waals surface area (Å²) in [6.45, 7) is 11.5. The fourth-order valence-corrected chi connectivity index (χ4v) is 4.54. The Kier molecular flexibility index (Phi) is 7.03. The predicted molar refractivity (Wildman–Crippen MR) is 128 cm³/mol. The van der Waals surface area contributed by atoms with Crippen molar-refractivity contribution in [1.29, 1.82) is 5.26 Å². The molecule has 0 spiro atoms. The lowest BCUT2D eigenvalue weighted by atomic mass is 9.83. The van der Waals surface area contributed by atoms with Gasteiger partial charge in [-0.25, -0.2) is 0 Å². The zero-order valence-corrected chi connectivity index (χ0v) is 19.9. The third-order valence-electron chi connectivity index (χ3n) is 6.50. The van der Waals surface area contributed by atoms with Crippen molar-refractivity contribution < 1.29 is 9.59 Å². The van der Waals surface area contributed by atoms with Crippen LogP contribution in [0.4, 0.5) is 5.69 Å². The summed E-state index contributed by atoms with van der Waals surface area (Å²) in [5.41, 5.74) is 4.31. The molecule has 1 aromatic rings. The molecule has 0 saturated carbocycles. The van der Waals surface area contributed by atoms with Crippen LogP contribution in [0.1, 0.15) is 65.9 Å². The average molecular weight is 432 g/mol. The highest BCUT2D eigenvalue weighted by Crippen LogP contribution is 2.47. The molecule has 1 aromatic carbocycles. The summed E-state index contributed by atoms with van der Waals surface area (Å²) in [4.78, 5) is 29.5. The number of carbonyl (C=O) groups is 2. The molecule has 32 heavy (non-hydrogen) atoms. The minimum Gasteiger partial charge on any atom is -0.344 e. The van der Waals surface area contributed by atoms with Crippen molar-refractivity contribution in [2.24, 2.45) is 0 Å². The van der Waals surface area contributed by atoms with E-state index in [4.69, 9.17) is 0 Å². The van der Waals surface area contributed by atoms with E-state index in [2.05, 4.69) is 49.9 Å². The minimum atomic E-state index is -0.480. The van der Waals surface area contributed by atoms with Crippen molar-refractivity contribution in [1.82, 2.24) is 4.90 Å². The van der Waals surface area contributed by atoms with Crippen LogP contribution in [0.25, 0.3) is 0 Å². The zero-order valence-electron chi connectivity index (χ0n) is 19.9. The third kappa shape index (κ3) is 4.02. The van der Waals surface area contributed by atoms with Gasteiger partial charge < -0.3 is 4.90 Å². The Balaban J connectivity index is 2.10. The molecule has 5 heteroatoms. The number of fused-ring (bicyclic) bond motifs is 1. The van der Waals surface area contributed by atoms with E-state index in [0.29, 0.717) is 17.7 Å². The van der Waals surface area contributed by atoms with Crippen molar-refractivity contribution in [3.8, 4) is 6.07 Å². The maximum atomic E-state index is 13.2. The van der Waals surface area contributed by atoms with Gasteiger partial charge in [-0.1, -0.05) is 58.7 Å². The SMILES string of the molecule is CCCCN1C(=O)C(=CC=C2N(CCCC)c3ccccc3C2(C)C)C(C)=C(C#N)C1=O. The van der Waals surface area contributed by atoms with Gasteiger partial charge in [0, 0.05) is 35.5 Å². The Hall–Kier alpha value is -3.13. The van der Waals surface area contributed by atoms with Crippen molar-refractivity contribution in [3.05, 3.63) is 64.4 Å². The zero-order chi connectivity index (χ0) is 23.5. The summed E-state index contributed by atoms with van der Waals surface area (Å²) < 4.78 is 0. The molecule has 2 amide bonds. The van der Waals surface area contributed by atoms with Gasteiger partial charge in [-0.15, -0.1) is 0 Å². The molecule has 0 fully saturated rings. The molecule has 0 aromatic heterocycles. The van der Waals surface area contributed by atoms with Crippen molar-refractivity contribution in [2.45, 2.75) is 65.7 Å². The molecular formula is C27H33N3O2. The molecule has 3 rings (SSSR count). The number of hydrogen-bond acceptors (Lipinski definition) is 4. The largest absolute Gasteiger partial charge is 0.344 e. The van der Waals surface area contributed by atoms with E-state index >= 15 is 0 Å². The smallest absolute Gasteiger partial charge is 0.271 e. The van der Waals surface area contributed by atoms with Gasteiger partial charge in [0.2, 0.25) is 0 Å². The number of benzene rings is 1. The fraction of sp³-hybridized carbons (Fsp3) is 0.444. The first-order chi connectivity index (χ1) is 15.3. The lowest BCUT2D eigenvalue weighted by Gasteiger charge is -2.28. The highest BCUT2D eigenvalue weighted by atomic mass is 16.2. The monoisotopic (exact) mass is 431 g/mol. The number of nitriles is 1. The van der Waals surface area contributed by atoms with Crippen LogP contribution in [0.3, 0.4) is 0 Å². The molecule has 0 radical (unpaired) electrons. The molecule has 2 aliphatic rings. The molecule has 0 bridgehead atoms. The van der Waals surface area contributed by atoms with Gasteiger partial charge in [0.25, 0.3) is 11.8 Å². The van der Waals surface area contributed by atoms with Crippen LogP contribution in [0.2, 0.25) is 0 Å². The second-order valence-corrected chi connectivity index (χ2v) is 9.01. The summed E-state index contributed by atoms with van der Waals surface area (Å²) in [5, 5.41) is 9.58. The van der Waals surface area contributed by atoms with E-state index in [0.717, 1.165) is 37.9 Å². The standard InChI is InChI=1S/C27H33N3O2/c1-6-8-16-29-23-13-11-10-12-22(23)27(4,5)24(29)15-14-20-19(3)21(18-28)26(32)30(25(20)31)17-9-7-2/h10-15H,6-9,16-17H2,1-5H3. The highest BCUT2D eigenvalue weighted by molar-refractivity contribution is 6.18. The summed E-state index contributed by atoms with van der Waals surface area (Å²) in [6.07, 6.45) is 7.56. The number of imide groups is 1. The van der Waals surface area contributed by atoms with E-state index in [1.54, 1.807) is 6.92 Å². The predicted octanol–water partition coefficient (Wildman–Crippen LogP) is 5.40. The molecule has 168 valence electrons. The number of allylic oxidation sites excluding steroid dienone is 3. The molecular weight excluding hydrogens is 398 g/mol. The molecule has 0 N–H and O–H groups in total. The summed E-state index contributed by atoms with van der Waals surface area (Å²) in [7, 11) is 0. The molecule has 0 aliphatic carbocycles. The third-order valence-corrected chi connectivity index (χ3v) is 6.50. The lowest BCUT2D eigenvalue weighted by molar-refractivity contribution is -0.140. The molecule has 0 unspecified atom stereocenters. The Morgan fingerprint density at radius 3 is 2.22 bits per heavy atom. The topological polar surface area (TPSA) is 64.4 Å². The van der Waals surface area contributed by atoms with E-state index in [-0.39, 0.29) is 16.9 Å². The highest BCUT2D eigenvalue weighted by Gasteiger charge is 2.40. The van der Waals surface area contributed by atoms with Crippen molar-refractivity contribution in [2.75, 3.05) is 18.0 Å². The van der Waals surface area contributed by atoms with Crippen molar-refractivity contribution in [3.63, 3.8) is 0 Å². The molecule has 2 heterocycles. The van der Waals surface area contributed by atoms with Gasteiger partial charge in [-0.05, 0) is 49.1 Å². The second-order valence-electron chi connectivity index (χ2n) is 9.01. The number of para-hydroxylation sites is 1. The van der Waals surface area contributed by atoms with Crippen LogP contribution in [-0.4, -0.2) is 29.8 Å². The van der Waals surface area contributed by atoms with E-state index in [1.807, 2.05) is 25.1 Å². The van der Waals surface area contributed by atoms with E-state index < -0.39 is 5.91 Å². The second kappa shape index (κ2) is 9.56. The first kappa shape index (κ1) is 23.5. The first-order valence-corrected chi connectivity index (χ1v) is 11.6. The molecule has 0 saturated heterocycles. The van der Waals surface area contributed by atoms with Gasteiger partial charge in [0.15, 0.2) is 0 Å². The van der Waals surface area contributed by atoms with E-state index in [9.17, 15) is 14.9 Å². The normalized spacial score (nSPS) is 20.4. The summed E-state index contributed by atoms with van der Waals surface area (Å²) >= 11 is 0. The van der Waals surface area contributed by atoms with Gasteiger partial charge in [0.05, 0.1) is 0 Å². The van der Waals surface area contributed by atoms with Crippen LogP contribution in [0.5, 0.6) is 0 Å². The number of rotatable bonds is 7. The fourth-order valence-electron chi connectivity index (χ4n) is 4.54. The number of anilines is 1. The Morgan fingerprint density at radius 1 is 0.969 bits per heavy atom. The van der Waals surface area contributed by atoms with Crippen LogP contribution in [0.15, 0.2) is 58.8 Å². The molecule has 5 nitrogen and oxygen atoms in total. The van der Waals surface area contributed by atoms with Crippen LogP contribution < -0.4 is 4.90 Å². The number of unbranched alkanes of at least 4 members (excludes halogenated alkanes) is 2. The molecule has 0 atom stereocenters. The van der Waals surface area contributed by atoms with Crippen LogP contribution in [0, 0.1) is 11.3 Å². The molecule has 2 aliphatic heterocycles. The number of carbonyl (C=O) groups excluding carboxylic acids is 2. The summed E-state index contributed by atoms with van der Waals surface area (Å²) in [6, 6.07) is 10.5. The van der Waals surface area contributed by atoms with Gasteiger partial charge >= 0.3 is 0 Å². The van der Waals surface area contributed by atoms with Gasteiger partial charge in [0.1, 0.15) is 11.6 Å². The van der Waals surface area contributed by atoms with Gasteiger partial charge in [-0.2, -0.15) is 5.26 Å². The maximum Gasteiger partial charge on any atom is 0.271 e. The quantitative estimate of drug-likeness (QED) is 0.428. The average Bonchev–Trinajstić information content (AvgIpc) is 2.99. The van der Waals surface area contributed by atoms with Gasteiger partial charge in [-0.3, -0.25) is 14.5 Å². The van der Waals surface area contributed by atoms with Crippen molar-refractivity contribution >= 4 is 17.5 Å². The Bertz CT molecular complexity index is 1050. The Morgan fingerprint density at radius 2 is 1.59 bits per heavy atom.